The van der Waals surface area contributed by atoms with Crippen LogP contribution in [0.5, 0.6) is 0 Å². The fourth-order valence-corrected chi connectivity index (χ4v) is 2.29. The molecule has 0 aliphatic carbocycles. The van der Waals surface area contributed by atoms with Gasteiger partial charge in [0, 0.05) is 17.6 Å². The first-order valence-electron chi connectivity index (χ1n) is 6.98. The van der Waals surface area contributed by atoms with Gasteiger partial charge in [-0.1, -0.05) is 30.3 Å². The van der Waals surface area contributed by atoms with Crippen molar-refractivity contribution >= 4 is 10.9 Å². The number of pyridine rings is 1. The highest BCUT2D eigenvalue weighted by Gasteiger charge is 2.03. The molecule has 2 rings (SSSR count). The summed E-state index contributed by atoms with van der Waals surface area (Å²) in [4.78, 5) is 4.49. The molecule has 0 aliphatic heterocycles. The lowest BCUT2D eigenvalue weighted by molar-refractivity contribution is 0.522. The summed E-state index contributed by atoms with van der Waals surface area (Å²) in [5.41, 5.74) is 2.45. The van der Waals surface area contributed by atoms with Gasteiger partial charge in [-0.15, -0.1) is 6.58 Å². The Morgan fingerprint density at radius 2 is 2.16 bits per heavy atom. The molecule has 0 amide bonds. The molecule has 0 aliphatic rings. The van der Waals surface area contributed by atoms with E-state index in [0.717, 1.165) is 31.3 Å². The Balaban J connectivity index is 1.93. The van der Waals surface area contributed by atoms with Gasteiger partial charge in [-0.2, -0.15) is 0 Å². The van der Waals surface area contributed by atoms with E-state index in [0.29, 0.717) is 6.04 Å². The maximum atomic E-state index is 4.49. The first-order valence-corrected chi connectivity index (χ1v) is 6.98. The van der Waals surface area contributed by atoms with Gasteiger partial charge in [-0.3, -0.25) is 4.98 Å². The van der Waals surface area contributed by atoms with E-state index in [9.17, 15) is 0 Å². The molecule has 0 radical (unpaired) electrons. The quantitative estimate of drug-likeness (QED) is 0.762. The monoisotopic (exact) mass is 254 g/mol. The molecule has 0 bridgehead atoms. The van der Waals surface area contributed by atoms with Crippen molar-refractivity contribution in [3.05, 3.63) is 54.7 Å². The number of benzene rings is 1. The van der Waals surface area contributed by atoms with Crippen molar-refractivity contribution < 1.29 is 0 Å². The fourth-order valence-electron chi connectivity index (χ4n) is 2.29. The Morgan fingerprint density at radius 3 is 3.00 bits per heavy atom. The number of allylic oxidation sites excluding steroid dienone is 1. The molecule has 19 heavy (non-hydrogen) atoms. The highest BCUT2D eigenvalue weighted by atomic mass is 14.9. The normalized spacial score (nSPS) is 12.5. The summed E-state index contributed by atoms with van der Waals surface area (Å²) in [6, 6.07) is 11.0. The van der Waals surface area contributed by atoms with E-state index in [-0.39, 0.29) is 0 Å². The van der Waals surface area contributed by atoms with Crippen molar-refractivity contribution in [2.24, 2.45) is 0 Å². The van der Waals surface area contributed by atoms with Gasteiger partial charge < -0.3 is 5.32 Å². The molecule has 1 N–H and O–H groups in total. The standard InChI is InChI=1S/C17H22N2/c1-3-4-7-14(2)18-13-11-16-9-5-8-15-10-6-12-19-17(15)16/h3,5-6,8-10,12,14,18H,1,4,7,11,13H2,2H3. The lowest BCUT2D eigenvalue weighted by Gasteiger charge is -2.13. The first-order chi connectivity index (χ1) is 9.31. The molecule has 0 fully saturated rings. The van der Waals surface area contributed by atoms with Crippen LogP contribution in [0.3, 0.4) is 0 Å². The molecule has 1 aromatic carbocycles. The van der Waals surface area contributed by atoms with Crippen LogP contribution in [0.1, 0.15) is 25.3 Å². The lowest BCUT2D eigenvalue weighted by Crippen LogP contribution is -2.27. The average molecular weight is 254 g/mol. The lowest BCUT2D eigenvalue weighted by atomic mass is 10.1. The van der Waals surface area contributed by atoms with E-state index >= 15 is 0 Å². The van der Waals surface area contributed by atoms with Gasteiger partial charge in [0.05, 0.1) is 5.52 Å². The second kappa shape index (κ2) is 7.05. The zero-order valence-electron chi connectivity index (χ0n) is 11.6. The van der Waals surface area contributed by atoms with Gasteiger partial charge >= 0.3 is 0 Å². The largest absolute Gasteiger partial charge is 0.314 e. The Morgan fingerprint density at radius 1 is 1.32 bits per heavy atom. The maximum absolute atomic E-state index is 4.49. The van der Waals surface area contributed by atoms with Crippen molar-refractivity contribution in [3.8, 4) is 0 Å². The van der Waals surface area contributed by atoms with Crippen molar-refractivity contribution in [1.82, 2.24) is 10.3 Å². The minimum Gasteiger partial charge on any atom is -0.314 e. The van der Waals surface area contributed by atoms with Crippen LogP contribution >= 0.6 is 0 Å². The molecule has 1 atom stereocenters. The predicted octanol–water partition coefficient (Wildman–Crippen LogP) is 3.72. The Labute approximate surface area is 115 Å². The number of hydrogen-bond donors (Lipinski definition) is 1. The second-order valence-corrected chi connectivity index (χ2v) is 4.96. The number of para-hydroxylation sites is 1. The van der Waals surface area contributed by atoms with Crippen molar-refractivity contribution in [2.45, 2.75) is 32.2 Å². The van der Waals surface area contributed by atoms with E-state index in [2.05, 4.69) is 48.1 Å². The van der Waals surface area contributed by atoms with Gasteiger partial charge in [0.15, 0.2) is 0 Å². The molecule has 2 aromatic rings. The van der Waals surface area contributed by atoms with Crippen molar-refractivity contribution in [2.75, 3.05) is 6.54 Å². The SMILES string of the molecule is C=CCCC(C)NCCc1cccc2cccnc12. The average Bonchev–Trinajstić information content (AvgIpc) is 2.45. The molecule has 1 aromatic heterocycles. The Hall–Kier alpha value is -1.67. The van der Waals surface area contributed by atoms with Crippen LogP contribution in [0.15, 0.2) is 49.2 Å². The minimum absolute atomic E-state index is 0.543. The summed E-state index contributed by atoms with van der Waals surface area (Å²) in [5, 5.41) is 4.78. The number of fused-ring (bicyclic) bond motifs is 1. The molecule has 1 unspecified atom stereocenters. The summed E-state index contributed by atoms with van der Waals surface area (Å²) in [5.74, 6) is 0. The van der Waals surface area contributed by atoms with Crippen LogP contribution in [-0.2, 0) is 6.42 Å². The predicted molar refractivity (Wildman–Crippen MR) is 82.3 cm³/mol. The molecule has 2 nitrogen and oxygen atoms in total. The zero-order chi connectivity index (χ0) is 13.5. The van der Waals surface area contributed by atoms with Gasteiger partial charge in [0.1, 0.15) is 0 Å². The summed E-state index contributed by atoms with van der Waals surface area (Å²) in [6.07, 6.45) is 7.09. The summed E-state index contributed by atoms with van der Waals surface area (Å²) in [6.45, 7) is 6.98. The number of hydrogen-bond acceptors (Lipinski definition) is 2. The Bertz CT molecular complexity index is 528. The maximum Gasteiger partial charge on any atom is 0.0734 e. The number of nitrogens with zero attached hydrogens (tertiary/aromatic N) is 1. The molecule has 0 spiro atoms. The van der Waals surface area contributed by atoms with Gasteiger partial charge in [0.2, 0.25) is 0 Å². The third-order valence-electron chi connectivity index (χ3n) is 3.41. The highest BCUT2D eigenvalue weighted by molar-refractivity contribution is 5.81. The van der Waals surface area contributed by atoms with E-state index in [4.69, 9.17) is 0 Å². The zero-order valence-corrected chi connectivity index (χ0v) is 11.6. The van der Waals surface area contributed by atoms with Crippen LogP contribution < -0.4 is 5.32 Å². The van der Waals surface area contributed by atoms with Crippen molar-refractivity contribution in [3.63, 3.8) is 0 Å². The fraction of sp³-hybridized carbons (Fsp3) is 0.353. The van der Waals surface area contributed by atoms with E-state index in [1.165, 1.54) is 10.9 Å². The minimum atomic E-state index is 0.543. The molecule has 0 saturated carbocycles. The van der Waals surface area contributed by atoms with Crippen LogP contribution in [0.2, 0.25) is 0 Å². The van der Waals surface area contributed by atoms with Gasteiger partial charge in [0.25, 0.3) is 0 Å². The summed E-state index contributed by atoms with van der Waals surface area (Å²) >= 11 is 0. The van der Waals surface area contributed by atoms with Crippen LogP contribution in [-0.4, -0.2) is 17.6 Å². The molecule has 1 heterocycles. The number of aromatic nitrogens is 1. The van der Waals surface area contributed by atoms with E-state index in [1.807, 2.05) is 18.3 Å². The van der Waals surface area contributed by atoms with Gasteiger partial charge in [-0.05, 0) is 44.4 Å². The van der Waals surface area contributed by atoms with Crippen LogP contribution in [0, 0.1) is 0 Å². The molecule has 100 valence electrons. The number of nitrogens with one attached hydrogen (secondary N) is 1. The molecule has 2 heteroatoms. The van der Waals surface area contributed by atoms with Gasteiger partial charge in [-0.25, -0.2) is 0 Å². The topological polar surface area (TPSA) is 24.9 Å². The number of rotatable bonds is 7. The van der Waals surface area contributed by atoms with Crippen LogP contribution in [0.25, 0.3) is 10.9 Å². The Kier molecular flexibility index (Phi) is 5.10. The first kappa shape index (κ1) is 13.8. The van der Waals surface area contributed by atoms with Crippen molar-refractivity contribution in [1.29, 1.82) is 0 Å². The van der Waals surface area contributed by atoms with E-state index in [1.54, 1.807) is 0 Å². The highest BCUT2D eigenvalue weighted by Crippen LogP contribution is 2.16. The smallest absolute Gasteiger partial charge is 0.0734 e. The summed E-state index contributed by atoms with van der Waals surface area (Å²) in [7, 11) is 0. The van der Waals surface area contributed by atoms with Crippen LogP contribution in [0.4, 0.5) is 0 Å². The summed E-state index contributed by atoms with van der Waals surface area (Å²) < 4.78 is 0. The third-order valence-corrected chi connectivity index (χ3v) is 3.41. The van der Waals surface area contributed by atoms with E-state index < -0.39 is 0 Å². The molecular weight excluding hydrogens is 232 g/mol. The third kappa shape index (κ3) is 3.90. The molecule has 0 saturated heterocycles. The second-order valence-electron chi connectivity index (χ2n) is 4.96. The molecular formula is C17H22N2.